The maximum Gasteiger partial charge on any atom is 0.255 e. The first kappa shape index (κ1) is 22.3. The fourth-order valence-corrected chi connectivity index (χ4v) is 4.75. The minimum atomic E-state index is -0.307. The van der Waals surface area contributed by atoms with Crippen LogP contribution in [0.25, 0.3) is 11.0 Å². The lowest BCUT2D eigenvalue weighted by molar-refractivity contribution is 0.0940. The zero-order valence-corrected chi connectivity index (χ0v) is 19.4. The topological polar surface area (TPSA) is 92.1 Å². The van der Waals surface area contributed by atoms with Crippen molar-refractivity contribution in [2.45, 2.75) is 78.1 Å². The zero-order chi connectivity index (χ0) is 22.8. The average molecular weight is 436 g/mol. The van der Waals surface area contributed by atoms with E-state index in [2.05, 4.69) is 52.8 Å². The molecule has 0 spiro atoms. The molecule has 1 amide bonds. The number of aliphatic hydroxyl groups is 1. The minimum absolute atomic E-state index is 0.109. The molecule has 1 aromatic carbocycles. The lowest BCUT2D eigenvalue weighted by Crippen LogP contribution is -2.32. The maximum atomic E-state index is 13.4. The second-order valence-corrected chi connectivity index (χ2v) is 8.96. The highest BCUT2D eigenvalue weighted by Crippen LogP contribution is 2.30. The van der Waals surface area contributed by atoms with Crippen molar-refractivity contribution < 1.29 is 9.90 Å². The van der Waals surface area contributed by atoms with Gasteiger partial charge in [0.2, 0.25) is 0 Å². The summed E-state index contributed by atoms with van der Waals surface area (Å²) in [6.45, 7) is 8.86. The lowest BCUT2D eigenvalue weighted by atomic mass is 9.92. The van der Waals surface area contributed by atoms with Gasteiger partial charge in [-0.25, -0.2) is 9.67 Å². The van der Waals surface area contributed by atoms with Gasteiger partial charge in [0, 0.05) is 18.8 Å². The Hall–Kier alpha value is -2.93. The van der Waals surface area contributed by atoms with Crippen molar-refractivity contribution in [1.82, 2.24) is 20.1 Å². The summed E-state index contributed by atoms with van der Waals surface area (Å²) in [5.41, 5.74) is 5.47. The number of nitrogens with one attached hydrogen (secondary N) is 2. The molecule has 2 unspecified atom stereocenters. The molecule has 0 bridgehead atoms. The normalized spacial score (nSPS) is 19.7. The van der Waals surface area contributed by atoms with E-state index in [1.54, 1.807) is 12.4 Å². The van der Waals surface area contributed by atoms with Gasteiger partial charge >= 0.3 is 0 Å². The number of anilines is 1. The van der Waals surface area contributed by atoms with Gasteiger partial charge in [0.25, 0.3) is 5.91 Å². The fraction of sp³-hybridized carbons (Fsp3) is 0.480. The number of nitrogens with zero attached hydrogens (tertiary/aromatic N) is 3. The molecule has 3 atom stereocenters. The van der Waals surface area contributed by atoms with E-state index in [9.17, 15) is 9.90 Å². The number of aromatic nitrogens is 3. The van der Waals surface area contributed by atoms with Gasteiger partial charge in [-0.05, 0) is 64.5 Å². The number of carbonyl (C=O) groups is 1. The van der Waals surface area contributed by atoms with Gasteiger partial charge in [-0.2, -0.15) is 5.10 Å². The molecule has 4 rings (SSSR count). The molecule has 1 fully saturated rings. The molecule has 32 heavy (non-hydrogen) atoms. The van der Waals surface area contributed by atoms with Crippen molar-refractivity contribution in [3.63, 3.8) is 0 Å². The summed E-state index contributed by atoms with van der Waals surface area (Å²) in [7, 11) is 0. The van der Waals surface area contributed by atoms with Gasteiger partial charge in [-0.15, -0.1) is 0 Å². The van der Waals surface area contributed by atoms with Crippen LogP contribution in [0, 0.1) is 13.8 Å². The lowest BCUT2D eigenvalue weighted by Gasteiger charge is -2.28. The fourth-order valence-electron chi connectivity index (χ4n) is 4.75. The Balaban J connectivity index is 1.66. The summed E-state index contributed by atoms with van der Waals surface area (Å²) in [6, 6.07) is 6.25. The highest BCUT2D eigenvalue weighted by Gasteiger charge is 2.25. The number of aliphatic hydroxyl groups excluding tert-OH is 1. The van der Waals surface area contributed by atoms with Crippen LogP contribution in [0.15, 0.2) is 30.6 Å². The van der Waals surface area contributed by atoms with Crippen LogP contribution in [-0.4, -0.2) is 37.9 Å². The molecule has 3 aromatic rings. The zero-order valence-electron chi connectivity index (χ0n) is 19.4. The van der Waals surface area contributed by atoms with Crippen LogP contribution in [0.2, 0.25) is 0 Å². The number of benzene rings is 1. The number of fused-ring (bicyclic) bond motifs is 1. The van der Waals surface area contributed by atoms with E-state index in [-0.39, 0.29) is 24.1 Å². The third-order valence-corrected chi connectivity index (χ3v) is 6.44. The van der Waals surface area contributed by atoms with E-state index in [0.29, 0.717) is 18.5 Å². The SMILES string of the molecule is CCn1ncc2c(NC3CCCC(O)C3)c(C(=O)N[C@H](C)c3ccc(C)cc3C)cnc21. The Morgan fingerprint density at radius 1 is 1.28 bits per heavy atom. The van der Waals surface area contributed by atoms with Crippen molar-refractivity contribution in [3.05, 3.63) is 52.8 Å². The van der Waals surface area contributed by atoms with Crippen LogP contribution in [0.4, 0.5) is 5.69 Å². The standard InChI is InChI=1S/C25H33N5O2/c1-5-30-24-21(14-27-30)23(29-18-7-6-8-19(31)12-18)22(13-26-24)25(32)28-17(4)20-10-9-15(2)11-16(20)3/h9-11,13-14,17-19,31H,5-8,12H2,1-4H3,(H,26,29)(H,28,32)/t17-,18?,19?/m1/s1. The van der Waals surface area contributed by atoms with E-state index in [1.807, 2.05) is 18.5 Å². The minimum Gasteiger partial charge on any atom is -0.393 e. The molecule has 7 heteroatoms. The number of amides is 1. The van der Waals surface area contributed by atoms with Gasteiger partial charge in [0.15, 0.2) is 5.65 Å². The van der Waals surface area contributed by atoms with Crippen molar-refractivity contribution in [2.75, 3.05) is 5.32 Å². The number of hydrogen-bond donors (Lipinski definition) is 3. The Bertz CT molecular complexity index is 1120. The smallest absolute Gasteiger partial charge is 0.255 e. The predicted molar refractivity (Wildman–Crippen MR) is 127 cm³/mol. The second-order valence-electron chi connectivity index (χ2n) is 8.96. The average Bonchev–Trinajstić information content (AvgIpc) is 3.17. The van der Waals surface area contributed by atoms with Crippen LogP contribution in [-0.2, 0) is 6.54 Å². The summed E-state index contributed by atoms with van der Waals surface area (Å²) in [5.74, 6) is -0.171. The van der Waals surface area contributed by atoms with Crippen molar-refractivity contribution >= 4 is 22.6 Å². The van der Waals surface area contributed by atoms with Crippen molar-refractivity contribution in [3.8, 4) is 0 Å². The largest absolute Gasteiger partial charge is 0.393 e. The number of hydrogen-bond acceptors (Lipinski definition) is 5. The first-order chi connectivity index (χ1) is 15.4. The van der Waals surface area contributed by atoms with Crippen LogP contribution >= 0.6 is 0 Å². The van der Waals surface area contributed by atoms with E-state index in [1.165, 1.54) is 5.56 Å². The summed E-state index contributed by atoms with van der Waals surface area (Å²) < 4.78 is 1.83. The predicted octanol–water partition coefficient (Wildman–Crippen LogP) is 4.27. The summed E-state index contributed by atoms with van der Waals surface area (Å²) in [4.78, 5) is 17.9. The monoisotopic (exact) mass is 435 g/mol. The number of carbonyl (C=O) groups excluding carboxylic acids is 1. The van der Waals surface area contributed by atoms with Crippen LogP contribution in [0.1, 0.15) is 72.6 Å². The first-order valence-electron chi connectivity index (χ1n) is 11.5. The summed E-state index contributed by atoms with van der Waals surface area (Å²) >= 11 is 0. The molecular formula is C25H33N5O2. The molecule has 0 saturated heterocycles. The van der Waals surface area contributed by atoms with Gasteiger partial charge in [0.05, 0.1) is 35.0 Å². The Morgan fingerprint density at radius 3 is 2.81 bits per heavy atom. The number of aryl methyl sites for hydroxylation is 3. The van der Waals surface area contributed by atoms with Gasteiger partial charge in [-0.3, -0.25) is 4.79 Å². The van der Waals surface area contributed by atoms with Crippen molar-refractivity contribution in [2.24, 2.45) is 0 Å². The molecule has 2 heterocycles. The van der Waals surface area contributed by atoms with E-state index in [0.717, 1.165) is 47.1 Å². The summed E-state index contributed by atoms with van der Waals surface area (Å²) in [6.07, 6.45) is 6.54. The first-order valence-corrected chi connectivity index (χ1v) is 11.5. The van der Waals surface area contributed by atoms with Crippen molar-refractivity contribution in [1.29, 1.82) is 0 Å². The van der Waals surface area contributed by atoms with Gasteiger partial charge in [0.1, 0.15) is 0 Å². The molecule has 170 valence electrons. The van der Waals surface area contributed by atoms with E-state index < -0.39 is 0 Å². The third-order valence-electron chi connectivity index (χ3n) is 6.44. The van der Waals surface area contributed by atoms with Crippen LogP contribution in [0.3, 0.4) is 0 Å². The van der Waals surface area contributed by atoms with E-state index in [4.69, 9.17) is 0 Å². The molecule has 7 nitrogen and oxygen atoms in total. The molecule has 1 aliphatic rings. The quantitative estimate of drug-likeness (QED) is 0.538. The highest BCUT2D eigenvalue weighted by molar-refractivity contribution is 6.06. The molecule has 1 saturated carbocycles. The Kier molecular flexibility index (Phi) is 6.46. The molecule has 0 aliphatic heterocycles. The molecule has 0 radical (unpaired) electrons. The Morgan fingerprint density at radius 2 is 2.09 bits per heavy atom. The molecule has 1 aliphatic carbocycles. The van der Waals surface area contributed by atoms with Crippen LogP contribution < -0.4 is 10.6 Å². The molecular weight excluding hydrogens is 402 g/mol. The maximum absolute atomic E-state index is 13.4. The third kappa shape index (κ3) is 4.48. The van der Waals surface area contributed by atoms with Crippen LogP contribution in [0.5, 0.6) is 0 Å². The summed E-state index contributed by atoms with van der Waals surface area (Å²) in [5, 5.41) is 22.1. The Labute approximate surface area is 189 Å². The molecule has 3 N–H and O–H groups in total. The number of pyridine rings is 1. The second kappa shape index (κ2) is 9.28. The van der Waals surface area contributed by atoms with Gasteiger partial charge < -0.3 is 15.7 Å². The van der Waals surface area contributed by atoms with Gasteiger partial charge in [-0.1, -0.05) is 23.8 Å². The molecule has 2 aromatic heterocycles. The van der Waals surface area contributed by atoms with E-state index >= 15 is 0 Å². The highest BCUT2D eigenvalue weighted by atomic mass is 16.3. The number of rotatable bonds is 6.